The highest BCUT2D eigenvalue weighted by Crippen LogP contribution is 2.41. The highest BCUT2D eigenvalue weighted by Gasteiger charge is 2.37. The predicted octanol–water partition coefficient (Wildman–Crippen LogP) is 5.62. The number of carbonyl (C=O) groups is 1. The summed E-state index contributed by atoms with van der Waals surface area (Å²) in [6, 6.07) is 16.0. The molecule has 1 fully saturated rings. The Morgan fingerprint density at radius 3 is 2.58 bits per heavy atom. The summed E-state index contributed by atoms with van der Waals surface area (Å²) in [6.45, 7) is 5.65. The number of aryl methyl sites for hydroxylation is 2. The molecule has 0 amide bonds. The molecule has 0 bridgehead atoms. The van der Waals surface area contributed by atoms with E-state index in [4.69, 9.17) is 9.26 Å². The third-order valence-corrected chi connectivity index (χ3v) is 7.76. The maximum absolute atomic E-state index is 13.6. The first-order valence-corrected chi connectivity index (χ1v) is 13.1. The van der Waals surface area contributed by atoms with E-state index in [0.717, 1.165) is 65.3 Å². The molecule has 0 N–H and O–H groups in total. The van der Waals surface area contributed by atoms with Gasteiger partial charge in [-0.05, 0) is 93.0 Å². The van der Waals surface area contributed by atoms with E-state index in [-0.39, 0.29) is 5.91 Å². The minimum absolute atomic E-state index is 0.00190. The number of fused-ring (bicyclic) bond motifs is 2. The van der Waals surface area contributed by atoms with Crippen LogP contribution in [0.2, 0.25) is 0 Å². The second-order valence-electron chi connectivity index (χ2n) is 10.7. The molecule has 2 aliphatic rings. The van der Waals surface area contributed by atoms with Gasteiger partial charge in [0.15, 0.2) is 0 Å². The second kappa shape index (κ2) is 9.72. The SMILES string of the molecule is Cc1nc(-c2ccc(-c3ccc(C(=O)n4ccc5c4CC4C(=C5)OCC4CCN(C)C)cc3)c(C)c2)no1. The Bertz CT molecular complexity index is 1530. The Hall–Kier alpha value is -3.97. The van der Waals surface area contributed by atoms with Crippen LogP contribution in [0.15, 0.2) is 65.0 Å². The summed E-state index contributed by atoms with van der Waals surface area (Å²) < 4.78 is 13.0. The smallest absolute Gasteiger partial charge is 0.262 e. The van der Waals surface area contributed by atoms with Crippen LogP contribution in [0.5, 0.6) is 0 Å². The van der Waals surface area contributed by atoms with Gasteiger partial charge in [-0.2, -0.15) is 4.98 Å². The van der Waals surface area contributed by atoms with Crippen LogP contribution in [0, 0.1) is 25.7 Å². The first-order valence-electron chi connectivity index (χ1n) is 13.1. The lowest BCUT2D eigenvalue weighted by Gasteiger charge is -2.23. The molecular weight excluding hydrogens is 476 g/mol. The Morgan fingerprint density at radius 2 is 1.87 bits per heavy atom. The number of benzene rings is 2. The van der Waals surface area contributed by atoms with Gasteiger partial charge < -0.3 is 14.2 Å². The third kappa shape index (κ3) is 4.47. The minimum atomic E-state index is -0.00190. The summed E-state index contributed by atoms with van der Waals surface area (Å²) in [4.78, 5) is 20.1. The molecule has 0 spiro atoms. The Morgan fingerprint density at radius 1 is 1.08 bits per heavy atom. The van der Waals surface area contributed by atoms with E-state index in [1.165, 1.54) is 0 Å². The van der Waals surface area contributed by atoms with E-state index in [1.807, 2.05) is 47.2 Å². The molecule has 1 aliphatic carbocycles. The lowest BCUT2D eigenvalue weighted by atomic mass is 9.83. The molecule has 1 aliphatic heterocycles. The van der Waals surface area contributed by atoms with E-state index < -0.39 is 0 Å². The van der Waals surface area contributed by atoms with Gasteiger partial charge in [0, 0.05) is 41.8 Å². The fourth-order valence-corrected chi connectivity index (χ4v) is 5.64. The zero-order valence-electron chi connectivity index (χ0n) is 22.3. The van der Waals surface area contributed by atoms with Gasteiger partial charge in [0.25, 0.3) is 5.91 Å². The number of hydrogen-bond acceptors (Lipinski definition) is 6. The molecule has 2 unspecified atom stereocenters. The van der Waals surface area contributed by atoms with Crippen LogP contribution in [0.1, 0.15) is 39.5 Å². The van der Waals surface area contributed by atoms with Crippen molar-refractivity contribution in [1.29, 1.82) is 0 Å². The van der Waals surface area contributed by atoms with Crippen molar-refractivity contribution >= 4 is 12.0 Å². The van der Waals surface area contributed by atoms with Gasteiger partial charge >= 0.3 is 0 Å². The molecule has 7 heteroatoms. The predicted molar refractivity (Wildman–Crippen MR) is 147 cm³/mol. The average molecular weight is 509 g/mol. The fourth-order valence-electron chi connectivity index (χ4n) is 5.64. The summed E-state index contributed by atoms with van der Waals surface area (Å²) >= 11 is 0. The van der Waals surface area contributed by atoms with Crippen LogP contribution < -0.4 is 0 Å². The Balaban J connectivity index is 1.21. The highest BCUT2D eigenvalue weighted by atomic mass is 16.5. The van der Waals surface area contributed by atoms with Crippen molar-refractivity contribution in [3.63, 3.8) is 0 Å². The van der Waals surface area contributed by atoms with Crippen LogP contribution in [0.25, 0.3) is 28.6 Å². The van der Waals surface area contributed by atoms with Gasteiger partial charge in [0.05, 0.1) is 6.61 Å². The zero-order chi connectivity index (χ0) is 26.4. The van der Waals surface area contributed by atoms with Crippen LogP contribution in [-0.2, 0) is 11.2 Å². The first-order chi connectivity index (χ1) is 18.4. The third-order valence-electron chi connectivity index (χ3n) is 7.76. The highest BCUT2D eigenvalue weighted by molar-refractivity contribution is 5.97. The van der Waals surface area contributed by atoms with Crippen molar-refractivity contribution in [3.05, 3.63) is 88.8 Å². The van der Waals surface area contributed by atoms with Gasteiger partial charge in [-0.15, -0.1) is 0 Å². The topological polar surface area (TPSA) is 73.4 Å². The number of ether oxygens (including phenoxy) is 1. The fraction of sp³-hybridized carbons (Fsp3) is 0.323. The molecule has 38 heavy (non-hydrogen) atoms. The van der Waals surface area contributed by atoms with Crippen molar-refractivity contribution in [1.82, 2.24) is 19.6 Å². The molecular formula is C31H32N4O3. The van der Waals surface area contributed by atoms with Gasteiger partial charge in [0.1, 0.15) is 5.76 Å². The average Bonchev–Trinajstić information content (AvgIpc) is 3.64. The lowest BCUT2D eigenvalue weighted by molar-refractivity contribution is 0.0956. The molecule has 194 valence electrons. The largest absolute Gasteiger partial charge is 0.497 e. The minimum Gasteiger partial charge on any atom is -0.497 e. The van der Waals surface area contributed by atoms with E-state index in [1.54, 1.807) is 6.92 Å². The van der Waals surface area contributed by atoms with Crippen LogP contribution in [0.4, 0.5) is 0 Å². The second-order valence-corrected chi connectivity index (χ2v) is 10.7. The quantitative estimate of drug-likeness (QED) is 0.337. The molecule has 3 heterocycles. The number of aromatic nitrogens is 3. The monoisotopic (exact) mass is 508 g/mol. The van der Waals surface area contributed by atoms with Crippen LogP contribution in [-0.4, -0.2) is 52.8 Å². The van der Waals surface area contributed by atoms with Gasteiger partial charge in [0.2, 0.25) is 11.7 Å². The van der Waals surface area contributed by atoms with Gasteiger partial charge in [-0.1, -0.05) is 29.4 Å². The molecule has 2 aromatic heterocycles. The summed E-state index contributed by atoms with van der Waals surface area (Å²) in [5.74, 6) is 3.03. The molecule has 2 atom stereocenters. The van der Waals surface area contributed by atoms with E-state index in [2.05, 4.69) is 54.3 Å². The summed E-state index contributed by atoms with van der Waals surface area (Å²) in [6.07, 6.45) is 5.96. The van der Waals surface area contributed by atoms with Gasteiger partial charge in [-0.3, -0.25) is 9.36 Å². The molecule has 0 saturated carbocycles. The number of hydrogen-bond donors (Lipinski definition) is 0. The molecule has 7 nitrogen and oxygen atoms in total. The van der Waals surface area contributed by atoms with Crippen molar-refractivity contribution in [2.24, 2.45) is 11.8 Å². The van der Waals surface area contributed by atoms with Crippen molar-refractivity contribution < 1.29 is 14.1 Å². The molecule has 6 rings (SSSR count). The van der Waals surface area contributed by atoms with Crippen LogP contribution in [0.3, 0.4) is 0 Å². The summed E-state index contributed by atoms with van der Waals surface area (Å²) in [5.41, 5.74) is 7.02. The van der Waals surface area contributed by atoms with Crippen molar-refractivity contribution in [2.75, 3.05) is 27.2 Å². The normalized spacial score (nSPS) is 18.2. The van der Waals surface area contributed by atoms with E-state index in [0.29, 0.717) is 29.1 Å². The van der Waals surface area contributed by atoms with E-state index in [9.17, 15) is 4.79 Å². The number of rotatable bonds is 6. The lowest BCUT2D eigenvalue weighted by Crippen LogP contribution is -2.24. The van der Waals surface area contributed by atoms with Crippen molar-refractivity contribution in [2.45, 2.75) is 26.7 Å². The number of nitrogens with zero attached hydrogens (tertiary/aromatic N) is 4. The Labute approximate surface area is 222 Å². The first kappa shape index (κ1) is 24.4. The number of allylic oxidation sites excluding steroid dienone is 1. The maximum atomic E-state index is 13.6. The molecule has 1 saturated heterocycles. The maximum Gasteiger partial charge on any atom is 0.262 e. The standard InChI is InChI=1S/C31H32N4O3/c1-19-15-24(30-32-20(2)38-33-30)9-10-26(19)21-5-7-22(8-6-21)31(36)35-14-12-23-16-29-27(17-28(23)35)25(18-37-29)11-13-34(3)4/h5-10,12,14-16,25,27H,11,13,17-18H2,1-4H3. The van der Waals surface area contributed by atoms with Crippen molar-refractivity contribution in [3.8, 4) is 22.5 Å². The van der Waals surface area contributed by atoms with Gasteiger partial charge in [-0.25, -0.2) is 0 Å². The van der Waals surface area contributed by atoms with Crippen LogP contribution >= 0.6 is 0 Å². The van der Waals surface area contributed by atoms with E-state index >= 15 is 0 Å². The Kier molecular flexibility index (Phi) is 6.24. The number of carbonyl (C=O) groups excluding carboxylic acids is 1. The molecule has 0 radical (unpaired) electrons. The molecule has 4 aromatic rings. The summed E-state index contributed by atoms with van der Waals surface area (Å²) in [5, 5.41) is 4.01. The summed E-state index contributed by atoms with van der Waals surface area (Å²) in [7, 11) is 4.21. The molecule has 2 aromatic carbocycles. The zero-order valence-corrected chi connectivity index (χ0v) is 22.3.